The van der Waals surface area contributed by atoms with E-state index in [0.717, 1.165) is 6.07 Å². The summed E-state index contributed by atoms with van der Waals surface area (Å²) in [6, 6.07) is 2.12. The van der Waals surface area contributed by atoms with Gasteiger partial charge in [-0.3, -0.25) is 4.79 Å². The highest BCUT2D eigenvalue weighted by Crippen LogP contribution is 2.35. The Balaban J connectivity index is 1.95. The number of hydrogen-bond donors (Lipinski definition) is 0. The fraction of sp³-hybridized carbons (Fsp3) is 0.500. The number of carbonyl (C=O) groups excluding carboxylic acids is 1. The van der Waals surface area contributed by atoms with Crippen molar-refractivity contribution in [2.45, 2.75) is 18.7 Å². The van der Waals surface area contributed by atoms with Gasteiger partial charge in [-0.05, 0) is 12.1 Å². The van der Waals surface area contributed by atoms with E-state index in [1.807, 2.05) is 0 Å². The summed E-state index contributed by atoms with van der Waals surface area (Å²) in [7, 11) is 0. The first-order valence-electron chi connectivity index (χ1n) is 5.94. The first kappa shape index (κ1) is 14.9. The van der Waals surface area contributed by atoms with Gasteiger partial charge in [0.25, 0.3) is 0 Å². The van der Waals surface area contributed by atoms with Crippen molar-refractivity contribution in [3.8, 4) is 5.88 Å². The lowest BCUT2D eigenvalue weighted by molar-refractivity contribution is -0.144. The Morgan fingerprint density at radius 2 is 2.20 bits per heavy atom. The lowest BCUT2D eigenvalue weighted by Gasteiger charge is -2.38. The zero-order chi connectivity index (χ0) is 14.8. The molecule has 2 heterocycles. The average Bonchev–Trinajstić information content (AvgIpc) is 2.32. The van der Waals surface area contributed by atoms with E-state index in [-0.39, 0.29) is 31.3 Å². The Kier molecular flexibility index (Phi) is 4.37. The van der Waals surface area contributed by atoms with Gasteiger partial charge in [0.1, 0.15) is 11.7 Å². The molecule has 0 N–H and O–H groups in total. The molecule has 1 aliphatic rings. The van der Waals surface area contributed by atoms with Gasteiger partial charge in [0.15, 0.2) is 0 Å². The normalized spacial score (nSPS) is 15.9. The Hall–Kier alpha value is -1.50. The minimum absolute atomic E-state index is 0.128. The van der Waals surface area contributed by atoms with Crippen molar-refractivity contribution in [3.63, 3.8) is 0 Å². The molecule has 1 aromatic rings. The highest BCUT2D eigenvalue weighted by molar-refractivity contribution is 6.18. The summed E-state index contributed by atoms with van der Waals surface area (Å²) in [5, 5.41) is 0. The first-order chi connectivity index (χ1) is 9.41. The fourth-order valence-corrected chi connectivity index (χ4v) is 1.98. The topological polar surface area (TPSA) is 42.4 Å². The van der Waals surface area contributed by atoms with Crippen LogP contribution in [-0.2, 0) is 11.0 Å². The van der Waals surface area contributed by atoms with E-state index in [4.69, 9.17) is 16.3 Å². The molecule has 0 atom stereocenters. The molecule has 0 saturated carbocycles. The van der Waals surface area contributed by atoms with Crippen molar-refractivity contribution in [2.24, 2.45) is 0 Å². The van der Waals surface area contributed by atoms with Crippen molar-refractivity contribution >= 4 is 17.5 Å². The van der Waals surface area contributed by atoms with Gasteiger partial charge in [-0.15, -0.1) is 11.6 Å². The molecule has 0 bridgehead atoms. The second kappa shape index (κ2) is 5.87. The van der Waals surface area contributed by atoms with E-state index < -0.39 is 23.7 Å². The third kappa shape index (κ3) is 3.33. The van der Waals surface area contributed by atoms with Gasteiger partial charge in [-0.1, -0.05) is 0 Å². The number of likely N-dealkylation sites (tertiary alicyclic amines) is 1. The molecular formula is C12H12ClF3N2O2. The maximum Gasteiger partial charge on any atom is 0.421 e. The number of halogens is 4. The van der Waals surface area contributed by atoms with E-state index >= 15 is 0 Å². The van der Waals surface area contributed by atoms with Crippen LogP contribution in [0.25, 0.3) is 0 Å². The van der Waals surface area contributed by atoms with Crippen LogP contribution in [-0.4, -0.2) is 40.9 Å². The molecule has 2 rings (SSSR count). The van der Waals surface area contributed by atoms with Crippen LogP contribution in [0.3, 0.4) is 0 Å². The first-order valence-corrected chi connectivity index (χ1v) is 6.48. The molecule has 1 aromatic heterocycles. The molecule has 0 spiro atoms. The molecule has 110 valence electrons. The second-order valence-corrected chi connectivity index (χ2v) is 4.71. The molecule has 0 aliphatic carbocycles. The molecule has 0 unspecified atom stereocenters. The molecule has 1 fully saturated rings. The number of hydrogen-bond acceptors (Lipinski definition) is 3. The Labute approximate surface area is 118 Å². The van der Waals surface area contributed by atoms with Crippen LogP contribution in [0.5, 0.6) is 5.88 Å². The molecule has 0 radical (unpaired) electrons. The summed E-state index contributed by atoms with van der Waals surface area (Å²) in [5.41, 5.74) is -0.912. The smallest absolute Gasteiger partial charge is 0.421 e. The Bertz CT molecular complexity index is 490. The Morgan fingerprint density at radius 3 is 2.80 bits per heavy atom. The SMILES string of the molecule is O=C(CCCl)N1CC(Oc2ncccc2C(F)(F)F)C1. The van der Waals surface area contributed by atoms with Crippen molar-refractivity contribution < 1.29 is 22.7 Å². The van der Waals surface area contributed by atoms with E-state index in [1.165, 1.54) is 17.2 Å². The van der Waals surface area contributed by atoms with Crippen molar-refractivity contribution in [1.29, 1.82) is 0 Å². The number of pyridine rings is 1. The molecule has 1 aliphatic heterocycles. The number of carbonyl (C=O) groups is 1. The van der Waals surface area contributed by atoms with Gasteiger partial charge in [0, 0.05) is 18.5 Å². The van der Waals surface area contributed by atoms with Gasteiger partial charge in [0.05, 0.1) is 13.1 Å². The van der Waals surface area contributed by atoms with Gasteiger partial charge in [-0.2, -0.15) is 13.2 Å². The molecule has 0 aromatic carbocycles. The maximum absolute atomic E-state index is 12.7. The summed E-state index contributed by atoms with van der Waals surface area (Å²) in [4.78, 5) is 16.5. The predicted octanol–water partition coefficient (Wildman–Crippen LogP) is 2.32. The zero-order valence-corrected chi connectivity index (χ0v) is 11.1. The number of nitrogens with zero attached hydrogens (tertiary/aromatic N) is 2. The molecule has 8 heteroatoms. The van der Waals surface area contributed by atoms with Crippen LogP contribution in [0.1, 0.15) is 12.0 Å². The summed E-state index contributed by atoms with van der Waals surface area (Å²) in [5.74, 6) is -0.356. The van der Waals surface area contributed by atoms with Crippen LogP contribution < -0.4 is 4.74 Å². The minimum atomic E-state index is -4.51. The fourth-order valence-electron chi connectivity index (χ4n) is 1.81. The van der Waals surface area contributed by atoms with Crippen LogP contribution >= 0.6 is 11.6 Å². The standard InChI is InChI=1S/C12H12ClF3N2O2/c13-4-3-10(19)18-6-8(7-18)20-11-9(12(14,15)16)2-1-5-17-11/h1-2,5,8H,3-4,6-7H2. The quantitative estimate of drug-likeness (QED) is 0.802. The molecule has 20 heavy (non-hydrogen) atoms. The molecule has 1 amide bonds. The molecule has 4 nitrogen and oxygen atoms in total. The summed E-state index contributed by atoms with van der Waals surface area (Å²) >= 11 is 5.44. The second-order valence-electron chi connectivity index (χ2n) is 4.33. The highest BCUT2D eigenvalue weighted by atomic mass is 35.5. The highest BCUT2D eigenvalue weighted by Gasteiger charge is 2.38. The number of aromatic nitrogens is 1. The lowest BCUT2D eigenvalue weighted by atomic mass is 10.1. The van der Waals surface area contributed by atoms with Gasteiger partial charge in [-0.25, -0.2) is 4.98 Å². The largest absolute Gasteiger partial charge is 0.470 e. The van der Waals surface area contributed by atoms with E-state index in [0.29, 0.717) is 0 Å². The van der Waals surface area contributed by atoms with Gasteiger partial charge >= 0.3 is 6.18 Å². The third-order valence-electron chi connectivity index (χ3n) is 2.86. The molecule has 1 saturated heterocycles. The monoisotopic (exact) mass is 308 g/mol. The van der Waals surface area contributed by atoms with Gasteiger partial charge in [0.2, 0.25) is 11.8 Å². The Morgan fingerprint density at radius 1 is 1.50 bits per heavy atom. The van der Waals surface area contributed by atoms with E-state index in [1.54, 1.807) is 0 Å². The van der Waals surface area contributed by atoms with Crippen molar-refractivity contribution in [1.82, 2.24) is 9.88 Å². The minimum Gasteiger partial charge on any atom is -0.470 e. The summed E-state index contributed by atoms with van der Waals surface area (Å²) in [6.07, 6.45) is -3.53. The summed E-state index contributed by atoms with van der Waals surface area (Å²) < 4.78 is 43.4. The van der Waals surface area contributed by atoms with E-state index in [2.05, 4.69) is 4.98 Å². The third-order valence-corrected chi connectivity index (χ3v) is 3.05. The number of rotatable bonds is 4. The van der Waals surface area contributed by atoms with Crippen molar-refractivity contribution in [3.05, 3.63) is 23.9 Å². The van der Waals surface area contributed by atoms with Gasteiger partial charge < -0.3 is 9.64 Å². The predicted molar refractivity (Wildman–Crippen MR) is 65.6 cm³/mol. The summed E-state index contributed by atoms with van der Waals surface area (Å²) in [6.45, 7) is 0.507. The number of ether oxygens (including phenoxy) is 1. The van der Waals surface area contributed by atoms with Crippen LogP contribution in [0.4, 0.5) is 13.2 Å². The van der Waals surface area contributed by atoms with Crippen molar-refractivity contribution in [2.75, 3.05) is 19.0 Å². The lowest BCUT2D eigenvalue weighted by Crippen LogP contribution is -2.56. The molecular weight excluding hydrogens is 297 g/mol. The number of amides is 1. The maximum atomic E-state index is 12.7. The zero-order valence-electron chi connectivity index (χ0n) is 10.4. The average molecular weight is 309 g/mol. The van der Waals surface area contributed by atoms with Crippen LogP contribution in [0.2, 0.25) is 0 Å². The van der Waals surface area contributed by atoms with Crippen LogP contribution in [0, 0.1) is 0 Å². The van der Waals surface area contributed by atoms with E-state index in [9.17, 15) is 18.0 Å². The van der Waals surface area contributed by atoms with Crippen LogP contribution in [0.15, 0.2) is 18.3 Å². The number of alkyl halides is 4.